The van der Waals surface area contributed by atoms with Crippen LogP contribution in [0.15, 0.2) is 212 Å². The highest BCUT2D eigenvalue weighted by molar-refractivity contribution is 6.13. The first kappa shape index (κ1) is 31.7. The summed E-state index contributed by atoms with van der Waals surface area (Å²) in [7, 11) is 0. The van der Waals surface area contributed by atoms with Crippen LogP contribution < -0.4 is 0 Å². The lowest BCUT2D eigenvalue weighted by Gasteiger charge is -2.12. The molecule has 12 aromatic rings. The molecule has 3 heterocycles. The Balaban J connectivity index is 0.994. The summed E-state index contributed by atoms with van der Waals surface area (Å²) in [4.78, 5) is 0. The molecule has 0 fully saturated rings. The maximum atomic E-state index is 2.42. The van der Waals surface area contributed by atoms with E-state index in [1.54, 1.807) is 0 Å². The molecule has 3 nitrogen and oxygen atoms in total. The SMILES string of the molecule is c1ccc(-n2c3ccccc3c3cc(-c4ccc5c(c4)c4ccccc4n5-c4cccc(-c5ccc6c7ccccc7n(-c7ccccc7)c6c5)c4)ccc32)cc1. The van der Waals surface area contributed by atoms with Gasteiger partial charge in [0.15, 0.2) is 0 Å². The van der Waals surface area contributed by atoms with Crippen LogP contribution in [0.5, 0.6) is 0 Å². The molecule has 0 bridgehead atoms. The van der Waals surface area contributed by atoms with Crippen LogP contribution in [0.1, 0.15) is 0 Å². The van der Waals surface area contributed by atoms with Crippen molar-refractivity contribution in [1.29, 1.82) is 0 Å². The van der Waals surface area contributed by atoms with E-state index in [1.807, 2.05) is 0 Å². The van der Waals surface area contributed by atoms with E-state index in [-0.39, 0.29) is 0 Å². The molecule has 0 N–H and O–H groups in total. The molecule has 0 saturated carbocycles. The Kier molecular flexibility index (Phi) is 6.93. The molecule has 0 spiro atoms. The lowest BCUT2D eigenvalue weighted by Crippen LogP contribution is -1.95. The van der Waals surface area contributed by atoms with Crippen LogP contribution in [-0.2, 0) is 0 Å². The molecule has 3 aromatic heterocycles. The summed E-state index contributed by atoms with van der Waals surface area (Å²) in [5, 5.41) is 7.53. The summed E-state index contributed by atoms with van der Waals surface area (Å²) in [6, 6.07) is 77.4. The minimum atomic E-state index is 1.14. The predicted octanol–water partition coefficient (Wildman–Crippen LogP) is 14.3. The topological polar surface area (TPSA) is 14.8 Å². The highest BCUT2D eigenvalue weighted by atomic mass is 15.0. The van der Waals surface area contributed by atoms with E-state index in [4.69, 9.17) is 0 Å². The van der Waals surface area contributed by atoms with E-state index in [0.717, 1.165) is 11.4 Å². The van der Waals surface area contributed by atoms with Crippen LogP contribution in [0.3, 0.4) is 0 Å². The highest BCUT2D eigenvalue weighted by Gasteiger charge is 2.17. The number of hydrogen-bond acceptors (Lipinski definition) is 0. The van der Waals surface area contributed by atoms with Crippen LogP contribution in [0.25, 0.3) is 105 Å². The van der Waals surface area contributed by atoms with Gasteiger partial charge in [-0.25, -0.2) is 0 Å². The second-order valence-electron chi connectivity index (χ2n) is 15.0. The molecule has 0 saturated heterocycles. The average molecular weight is 726 g/mol. The zero-order valence-electron chi connectivity index (χ0n) is 31.0. The molecule has 0 atom stereocenters. The number of para-hydroxylation sites is 5. The molecule has 12 rings (SSSR count). The normalized spacial score (nSPS) is 11.9. The quantitative estimate of drug-likeness (QED) is 0.168. The molecule has 0 radical (unpaired) electrons. The van der Waals surface area contributed by atoms with Crippen LogP contribution in [0.2, 0.25) is 0 Å². The van der Waals surface area contributed by atoms with E-state index < -0.39 is 0 Å². The molecule has 0 amide bonds. The van der Waals surface area contributed by atoms with Gasteiger partial charge in [-0.05, 0) is 107 Å². The number of nitrogens with zero attached hydrogens (tertiary/aromatic N) is 3. The summed E-state index contributed by atoms with van der Waals surface area (Å²) in [6.07, 6.45) is 0. The minimum Gasteiger partial charge on any atom is -0.309 e. The fourth-order valence-electron chi connectivity index (χ4n) is 9.27. The first-order chi connectivity index (χ1) is 28.3. The summed E-state index contributed by atoms with van der Waals surface area (Å²) >= 11 is 0. The first-order valence-electron chi connectivity index (χ1n) is 19.6. The van der Waals surface area contributed by atoms with E-state index in [9.17, 15) is 0 Å². The van der Waals surface area contributed by atoms with Gasteiger partial charge >= 0.3 is 0 Å². The van der Waals surface area contributed by atoms with Crippen LogP contribution >= 0.6 is 0 Å². The van der Waals surface area contributed by atoms with Crippen molar-refractivity contribution in [3.8, 4) is 39.3 Å². The Bertz CT molecular complexity index is 3510. The van der Waals surface area contributed by atoms with E-state index in [0.29, 0.717) is 0 Å². The smallest absolute Gasteiger partial charge is 0.0547 e. The number of benzene rings is 9. The lowest BCUT2D eigenvalue weighted by molar-refractivity contribution is 1.18. The maximum absolute atomic E-state index is 2.42. The zero-order chi connectivity index (χ0) is 37.5. The average Bonchev–Trinajstić information content (AvgIpc) is 3.92. The van der Waals surface area contributed by atoms with Crippen LogP contribution in [-0.4, -0.2) is 13.7 Å². The molecule has 0 aliphatic heterocycles. The Morgan fingerprint density at radius 2 is 0.561 bits per heavy atom. The second-order valence-corrected chi connectivity index (χ2v) is 15.0. The van der Waals surface area contributed by atoms with Gasteiger partial charge in [-0.15, -0.1) is 0 Å². The van der Waals surface area contributed by atoms with Gasteiger partial charge in [0.2, 0.25) is 0 Å². The van der Waals surface area contributed by atoms with Crippen molar-refractivity contribution in [3.63, 3.8) is 0 Å². The fraction of sp³-hybridized carbons (Fsp3) is 0. The Morgan fingerprint density at radius 3 is 1.12 bits per heavy atom. The molecule has 266 valence electrons. The van der Waals surface area contributed by atoms with Crippen molar-refractivity contribution in [2.75, 3.05) is 0 Å². The summed E-state index contributed by atoms with van der Waals surface area (Å²) in [5.41, 5.74) is 15.5. The molecule has 0 unspecified atom stereocenters. The van der Waals surface area contributed by atoms with Gasteiger partial charge in [-0.3, -0.25) is 0 Å². The van der Waals surface area contributed by atoms with Gasteiger partial charge in [0.05, 0.1) is 33.1 Å². The molecule has 0 aliphatic carbocycles. The number of hydrogen-bond donors (Lipinski definition) is 0. The zero-order valence-corrected chi connectivity index (χ0v) is 31.0. The van der Waals surface area contributed by atoms with E-state index in [2.05, 4.69) is 226 Å². The van der Waals surface area contributed by atoms with Crippen LogP contribution in [0.4, 0.5) is 0 Å². The monoisotopic (exact) mass is 725 g/mol. The van der Waals surface area contributed by atoms with Gasteiger partial charge < -0.3 is 13.7 Å². The van der Waals surface area contributed by atoms with Gasteiger partial charge in [-0.2, -0.15) is 0 Å². The van der Waals surface area contributed by atoms with Gasteiger partial charge in [-0.1, -0.05) is 127 Å². The molecule has 3 heteroatoms. The minimum absolute atomic E-state index is 1.14. The van der Waals surface area contributed by atoms with Crippen molar-refractivity contribution in [2.24, 2.45) is 0 Å². The summed E-state index contributed by atoms with van der Waals surface area (Å²) < 4.78 is 7.19. The fourth-order valence-corrected chi connectivity index (χ4v) is 9.27. The standard InChI is InChI=1S/C54H35N3/c1-3-15-40(16-4-1)55-50-24-11-8-21-44(50)47-33-37(27-30-52(47)55)38-28-31-53-48(34-38)45-22-9-12-25-51(45)57(53)42-19-13-14-36(32-42)39-26-29-46-43-20-7-10-23-49(43)56(54(46)35-39)41-17-5-2-6-18-41/h1-35H. The third-order valence-corrected chi connectivity index (χ3v) is 11.8. The third-order valence-electron chi connectivity index (χ3n) is 11.8. The molecular weight excluding hydrogens is 691 g/mol. The maximum Gasteiger partial charge on any atom is 0.0547 e. The van der Waals surface area contributed by atoms with Crippen molar-refractivity contribution >= 4 is 65.4 Å². The Hall–Kier alpha value is -7.62. The van der Waals surface area contributed by atoms with E-state index in [1.165, 1.54) is 93.4 Å². The molecule has 9 aromatic carbocycles. The Labute approximate surface area is 329 Å². The number of rotatable bonds is 5. The lowest BCUT2D eigenvalue weighted by atomic mass is 10.0. The van der Waals surface area contributed by atoms with Gasteiger partial charge in [0.25, 0.3) is 0 Å². The van der Waals surface area contributed by atoms with Crippen molar-refractivity contribution in [2.45, 2.75) is 0 Å². The van der Waals surface area contributed by atoms with Crippen molar-refractivity contribution < 1.29 is 0 Å². The molecular formula is C54H35N3. The number of fused-ring (bicyclic) bond motifs is 9. The second kappa shape index (κ2) is 12.5. The molecule has 57 heavy (non-hydrogen) atoms. The third kappa shape index (κ3) is 4.86. The summed E-state index contributed by atoms with van der Waals surface area (Å²) in [6.45, 7) is 0. The molecule has 0 aliphatic rings. The van der Waals surface area contributed by atoms with Gasteiger partial charge in [0, 0.05) is 49.4 Å². The Morgan fingerprint density at radius 1 is 0.193 bits per heavy atom. The van der Waals surface area contributed by atoms with Crippen molar-refractivity contribution in [1.82, 2.24) is 13.7 Å². The largest absolute Gasteiger partial charge is 0.309 e. The predicted molar refractivity (Wildman–Crippen MR) is 240 cm³/mol. The van der Waals surface area contributed by atoms with Crippen molar-refractivity contribution in [3.05, 3.63) is 212 Å². The van der Waals surface area contributed by atoms with E-state index >= 15 is 0 Å². The summed E-state index contributed by atoms with van der Waals surface area (Å²) in [5.74, 6) is 0. The first-order valence-corrected chi connectivity index (χ1v) is 19.6. The highest BCUT2D eigenvalue weighted by Crippen LogP contribution is 2.40. The number of aromatic nitrogens is 3. The van der Waals surface area contributed by atoms with Crippen LogP contribution in [0, 0.1) is 0 Å². The van der Waals surface area contributed by atoms with Gasteiger partial charge in [0.1, 0.15) is 0 Å².